The number of aromatic nitrogens is 2. The van der Waals surface area contributed by atoms with Gasteiger partial charge in [0.25, 0.3) is 0 Å². The van der Waals surface area contributed by atoms with Crippen molar-refractivity contribution in [2.75, 3.05) is 65.2 Å². The van der Waals surface area contributed by atoms with E-state index < -0.39 is 48.4 Å². The van der Waals surface area contributed by atoms with Gasteiger partial charge in [0.2, 0.25) is 5.91 Å². The predicted octanol–water partition coefficient (Wildman–Crippen LogP) is 2.13. The number of amides is 3. The summed E-state index contributed by atoms with van der Waals surface area (Å²) in [5, 5.41) is 4.79. The van der Waals surface area contributed by atoms with Crippen molar-refractivity contribution in [2.24, 2.45) is 0 Å². The molecule has 0 aliphatic carbocycles. The van der Waals surface area contributed by atoms with Crippen LogP contribution < -0.4 is 16.3 Å². The number of nitrogens with one attached hydrogen (secondary N) is 2. The van der Waals surface area contributed by atoms with Crippen LogP contribution in [-0.4, -0.2) is 110 Å². The maximum absolute atomic E-state index is 13.2. The summed E-state index contributed by atoms with van der Waals surface area (Å²) in [5.41, 5.74) is -1.56. The van der Waals surface area contributed by atoms with Gasteiger partial charge in [-0.1, -0.05) is 34.6 Å². The van der Waals surface area contributed by atoms with Crippen LogP contribution in [0.1, 0.15) is 61.8 Å². The molecule has 1 rings (SSSR count). The van der Waals surface area contributed by atoms with Gasteiger partial charge in [0, 0.05) is 25.9 Å². The smallest absolute Gasteiger partial charge is 0.413 e. The second-order valence-electron chi connectivity index (χ2n) is 9.47. The minimum absolute atomic E-state index is 0. The van der Waals surface area contributed by atoms with E-state index in [1.807, 2.05) is 34.6 Å². The zero-order chi connectivity index (χ0) is 34.0. The molecule has 0 spiro atoms. The largest absolute Gasteiger partial charge is 0.524 e. The van der Waals surface area contributed by atoms with Crippen molar-refractivity contribution in [3.05, 3.63) is 22.7 Å². The Morgan fingerprint density at radius 3 is 2.22 bits per heavy atom. The summed E-state index contributed by atoms with van der Waals surface area (Å²) in [7, 11) is 1.56. The van der Waals surface area contributed by atoms with E-state index in [4.69, 9.17) is 23.7 Å². The number of carbonyl (C=O) groups is 3. The molecule has 0 saturated carbocycles. The molecule has 0 bridgehead atoms. The first-order chi connectivity index (χ1) is 21.0. The summed E-state index contributed by atoms with van der Waals surface area (Å²) in [6, 6.07) is 0.613. The first-order valence-corrected chi connectivity index (χ1v) is 14.8. The number of nitrogens with zero attached hydrogens (tertiary/aromatic N) is 3. The molecule has 45 heavy (non-hydrogen) atoms. The first-order valence-electron chi connectivity index (χ1n) is 14.8. The third kappa shape index (κ3) is 22.6. The standard InChI is InChI=1S/C25H40N5O10.2C2H6.Fm/c1-6-9-39-22(33)16-30(14-19(26-18-31)17-38-13-12-37-11-10-36-5)21(32)15-29-8-7-20(27-23(29)34)28-24(35)40-25(2,3)4;2*1-2;/h7-8,19H,6,9-17H2,1-5H3,(H,26,31)(H,27,28,34,35);2*1-2H3;/q-1;;;. The maximum atomic E-state index is 13.2. The normalized spacial score (nSPS) is 10.8. The average molecular weight is 888 g/mol. The van der Waals surface area contributed by atoms with Crippen molar-refractivity contribution < 1.29 is 42.9 Å². The number of methoxy groups -OCH3 is 1. The van der Waals surface area contributed by atoms with Crippen LogP contribution in [0.15, 0.2) is 17.1 Å². The fourth-order valence-corrected chi connectivity index (χ4v) is 3.02. The Kier molecular flexibility index (Phi) is 26.9. The van der Waals surface area contributed by atoms with Gasteiger partial charge in [0.1, 0.15) is 24.5 Å². The quantitative estimate of drug-likeness (QED) is 0.0902. The Balaban J connectivity index is -0.00000338. The molecule has 0 radical (unpaired) electrons. The molecule has 2 N–H and O–H groups in total. The molecule has 1 unspecified atom stereocenters. The van der Waals surface area contributed by atoms with E-state index in [-0.39, 0.29) is 32.2 Å². The van der Waals surface area contributed by atoms with Crippen LogP contribution in [-0.2, 0) is 44.6 Å². The summed E-state index contributed by atoms with van der Waals surface area (Å²) in [6.07, 6.45) is 2.64. The summed E-state index contributed by atoms with van der Waals surface area (Å²) >= 11 is 0. The van der Waals surface area contributed by atoms with Gasteiger partial charge in [-0.15, -0.1) is 0 Å². The van der Waals surface area contributed by atoms with Gasteiger partial charge in [-0.25, -0.2) is 9.59 Å². The van der Waals surface area contributed by atoms with Crippen LogP contribution in [0.4, 0.5) is 10.6 Å². The van der Waals surface area contributed by atoms with E-state index in [1.165, 1.54) is 12.3 Å². The van der Waals surface area contributed by atoms with E-state index in [0.717, 1.165) is 9.47 Å². The summed E-state index contributed by atoms with van der Waals surface area (Å²) in [6.45, 7) is 15.4. The second-order valence-corrected chi connectivity index (χ2v) is 9.47. The fourth-order valence-electron chi connectivity index (χ4n) is 3.02. The van der Waals surface area contributed by atoms with Gasteiger partial charge in [0.15, 0.2) is 0 Å². The van der Waals surface area contributed by atoms with Crippen LogP contribution in [0.3, 0.4) is 0 Å². The van der Waals surface area contributed by atoms with Crippen LogP contribution in [0.25, 0.3) is 0 Å². The first kappa shape index (κ1) is 44.9. The number of anilines is 1. The van der Waals surface area contributed by atoms with E-state index in [1.54, 1.807) is 34.3 Å². The second kappa shape index (κ2) is 27.0. The zero-order valence-electron chi connectivity index (χ0n) is 28.0. The third-order valence-corrected chi connectivity index (χ3v) is 4.78. The van der Waals surface area contributed by atoms with Gasteiger partial charge < -0.3 is 38.7 Å². The van der Waals surface area contributed by atoms with Crippen molar-refractivity contribution >= 4 is 30.2 Å². The van der Waals surface area contributed by atoms with Gasteiger partial charge in [-0.2, -0.15) is 11.4 Å². The van der Waals surface area contributed by atoms with E-state index in [0.29, 0.717) is 26.2 Å². The molecule has 0 aliphatic rings. The Morgan fingerprint density at radius 2 is 1.67 bits per heavy atom. The Bertz CT molecular complexity index is 1000. The minimum Gasteiger partial charge on any atom is -0.524 e. The SMILES string of the molecule is CC.CC.CCCOC(=O)CN(CC(COCCOCCOC)N[C-]=O)C(=O)Cn1ccc(NC(=O)OC(C)(C)C)nc1=O.[Fm]. The van der Waals surface area contributed by atoms with Crippen LogP contribution in [0, 0.1) is 0 Å². The number of carbonyl (C=O) groups excluding carboxylic acids is 4. The van der Waals surface area contributed by atoms with Crippen molar-refractivity contribution in [3.8, 4) is 0 Å². The number of rotatable bonds is 19. The summed E-state index contributed by atoms with van der Waals surface area (Å²) < 4.78 is 27.0. The molecular formula is C29H52FmN5O10-. The van der Waals surface area contributed by atoms with Gasteiger partial charge in [-0.05, 0) is 33.3 Å². The average Bonchev–Trinajstić information content (AvgIpc) is 2.97. The molecule has 0 fully saturated rings. The topological polar surface area (TPSA) is 177 Å². The minimum atomic E-state index is -0.817. The van der Waals surface area contributed by atoms with E-state index >= 15 is 0 Å². The van der Waals surface area contributed by atoms with Gasteiger partial charge >= 0.3 is 17.8 Å². The van der Waals surface area contributed by atoms with Gasteiger partial charge in [0.05, 0.1) is 39.6 Å². The predicted molar refractivity (Wildman–Crippen MR) is 165 cm³/mol. The molecule has 266 valence electrons. The number of esters is 1. The number of ether oxygens (including phenoxy) is 5. The number of hydrogen-bond donors (Lipinski definition) is 2. The van der Waals surface area contributed by atoms with Crippen molar-refractivity contribution in [1.29, 1.82) is 0 Å². The third-order valence-electron chi connectivity index (χ3n) is 4.78. The Labute approximate surface area is 260 Å². The Morgan fingerprint density at radius 1 is 1.04 bits per heavy atom. The molecule has 1 aromatic heterocycles. The van der Waals surface area contributed by atoms with Gasteiger partial charge in [-0.3, -0.25) is 19.5 Å². The summed E-state index contributed by atoms with van der Waals surface area (Å²) in [4.78, 5) is 65.8. The fraction of sp³-hybridized carbons (Fsp3) is 0.724. The molecule has 0 saturated heterocycles. The van der Waals surface area contributed by atoms with Crippen LogP contribution >= 0.6 is 0 Å². The molecule has 1 aromatic rings. The van der Waals surface area contributed by atoms with Crippen molar-refractivity contribution in [2.45, 2.75) is 80.0 Å². The van der Waals surface area contributed by atoms with Crippen LogP contribution in [0.2, 0.25) is 0 Å². The molecule has 0 aliphatic heterocycles. The molecule has 1 atom stereocenters. The Hall–Kier alpha value is -4.56. The van der Waals surface area contributed by atoms with Crippen LogP contribution in [0.5, 0.6) is 0 Å². The van der Waals surface area contributed by atoms with Crippen molar-refractivity contribution in [1.82, 2.24) is 19.8 Å². The molecular weight excluding hydrogens is 835 g/mol. The molecule has 1 heterocycles. The molecule has 15 nitrogen and oxygen atoms in total. The maximum Gasteiger partial charge on any atom is 0.413 e. The van der Waals surface area contributed by atoms with E-state index in [9.17, 15) is 24.0 Å². The van der Waals surface area contributed by atoms with Crippen molar-refractivity contribution in [3.63, 3.8) is 0 Å². The zero-order valence-corrected chi connectivity index (χ0v) is 30.4. The number of hydrogen-bond acceptors (Lipinski definition) is 11. The molecule has 16 heteroatoms. The van der Waals surface area contributed by atoms with E-state index in [2.05, 4.69) is 15.6 Å². The summed E-state index contributed by atoms with van der Waals surface area (Å²) in [5.74, 6) is -1.33. The molecule has 0 aromatic carbocycles. The monoisotopic (exact) mass is 887 g/mol. The molecule has 3 amide bonds.